The number of anilines is 1. The summed E-state index contributed by atoms with van der Waals surface area (Å²) in [4.78, 5) is 2.22. The van der Waals surface area contributed by atoms with Gasteiger partial charge in [-0.25, -0.2) is 13.2 Å². The Morgan fingerprint density at radius 1 is 1.06 bits per heavy atom. The molecule has 1 aliphatic carbocycles. The van der Waals surface area contributed by atoms with Gasteiger partial charge in [0.15, 0.2) is 11.6 Å². The van der Waals surface area contributed by atoms with Crippen LogP contribution in [0.4, 0.5) is 19.0 Å². The van der Waals surface area contributed by atoms with Crippen LogP contribution in [0.1, 0.15) is 25.7 Å². The highest BCUT2D eigenvalue weighted by atomic mass is 19.2. The average molecular weight is 452 g/mol. The van der Waals surface area contributed by atoms with Crippen LogP contribution < -0.4 is 5.32 Å². The minimum atomic E-state index is -1.25. The Morgan fingerprint density at radius 3 is 2.45 bits per heavy atom. The van der Waals surface area contributed by atoms with Crippen molar-refractivity contribution in [1.29, 1.82) is 0 Å². The molecule has 3 heterocycles. The summed E-state index contributed by atoms with van der Waals surface area (Å²) in [5, 5.41) is 10.6. The Kier molecular flexibility index (Phi) is 6.16. The van der Waals surface area contributed by atoms with Crippen molar-refractivity contribution in [3.05, 3.63) is 41.7 Å². The molecule has 1 N–H and O–H groups in total. The van der Waals surface area contributed by atoms with E-state index in [0.29, 0.717) is 30.3 Å². The van der Waals surface area contributed by atoms with Crippen LogP contribution in [0.2, 0.25) is 0 Å². The first kappa shape index (κ1) is 22.7. The smallest absolute Gasteiger partial charge is 0.168 e. The van der Waals surface area contributed by atoms with Crippen molar-refractivity contribution in [1.82, 2.24) is 15.1 Å². The lowest BCUT2D eigenvalue weighted by molar-refractivity contribution is 0.0213. The van der Waals surface area contributed by atoms with Crippen LogP contribution in [0.25, 0.3) is 11.3 Å². The van der Waals surface area contributed by atoms with Crippen molar-refractivity contribution in [2.24, 2.45) is 17.8 Å². The first-order valence-corrected chi connectivity index (χ1v) is 11.5. The minimum absolute atomic E-state index is 0.0734. The zero-order valence-corrected chi connectivity index (χ0v) is 18.3. The van der Waals surface area contributed by atoms with Gasteiger partial charge in [-0.3, -0.25) is 0 Å². The highest BCUT2D eigenvalue weighted by Gasteiger charge is 2.46. The number of ether oxygens (including phenoxy) is 1. The van der Waals surface area contributed by atoms with Gasteiger partial charge in [0.1, 0.15) is 11.6 Å². The molecule has 170 valence electrons. The molecule has 4 radical (unpaired) electrons. The number of fused-ring (bicyclic) bond motifs is 1. The molecule has 0 amide bonds. The van der Waals surface area contributed by atoms with E-state index in [4.69, 9.17) is 20.4 Å². The molecule has 10 heteroatoms. The standard InChI is InChI=1S/C23H25B2F3N4O/c24-23(25,15-2-1-5-33-12-15)32-10-13-6-17(7-14(13)11-32)29-21-4-3-20(30-31-21)18-8-16(26)9-19(27)22(18)28/h3-4,8-9,13-15,17H,1-2,5-7,10-12H2,(H,29,31)/t13-,14+,15?,17?. The Morgan fingerprint density at radius 2 is 1.82 bits per heavy atom. The lowest BCUT2D eigenvalue weighted by Gasteiger charge is -2.45. The van der Waals surface area contributed by atoms with Crippen LogP contribution in [0.5, 0.6) is 0 Å². The lowest BCUT2D eigenvalue weighted by Crippen LogP contribution is -2.56. The molecule has 1 aromatic carbocycles. The van der Waals surface area contributed by atoms with Crippen LogP contribution in [-0.2, 0) is 4.74 Å². The van der Waals surface area contributed by atoms with Crippen LogP contribution in [0.3, 0.4) is 0 Å². The quantitative estimate of drug-likeness (QED) is 0.559. The van der Waals surface area contributed by atoms with Gasteiger partial charge >= 0.3 is 0 Å². The van der Waals surface area contributed by atoms with E-state index in [9.17, 15) is 13.2 Å². The predicted molar refractivity (Wildman–Crippen MR) is 120 cm³/mol. The summed E-state index contributed by atoms with van der Waals surface area (Å²) in [6.45, 7) is 3.12. The SMILES string of the molecule is [B]C([B])(C1CCCOC1)N1C[C@H]2CC(Nc3ccc(-c4cc(F)cc(F)c4F)nn3)C[C@H]2C1. The van der Waals surface area contributed by atoms with Crippen molar-refractivity contribution in [3.63, 3.8) is 0 Å². The van der Waals surface area contributed by atoms with Gasteiger partial charge in [0.2, 0.25) is 0 Å². The van der Waals surface area contributed by atoms with Gasteiger partial charge in [-0.15, -0.1) is 10.2 Å². The fourth-order valence-corrected chi connectivity index (χ4v) is 5.60. The monoisotopic (exact) mass is 452 g/mol. The van der Waals surface area contributed by atoms with Crippen LogP contribution in [-0.4, -0.2) is 68.5 Å². The van der Waals surface area contributed by atoms with E-state index in [-0.39, 0.29) is 23.2 Å². The summed E-state index contributed by atoms with van der Waals surface area (Å²) < 4.78 is 46.6. The van der Waals surface area contributed by atoms with Crippen LogP contribution in [0, 0.1) is 35.2 Å². The molecule has 0 bridgehead atoms. The maximum atomic E-state index is 14.0. The molecule has 5 rings (SSSR count). The number of likely N-dealkylation sites (tertiary alicyclic amines) is 1. The first-order chi connectivity index (χ1) is 15.8. The molecule has 33 heavy (non-hydrogen) atoms. The molecule has 2 aliphatic heterocycles. The van der Waals surface area contributed by atoms with E-state index in [0.717, 1.165) is 51.4 Å². The Labute approximate surface area is 194 Å². The molecule has 1 saturated carbocycles. The number of nitrogens with one attached hydrogen (secondary N) is 1. The number of nitrogens with zero attached hydrogens (tertiary/aromatic N) is 3. The van der Waals surface area contributed by atoms with Crippen molar-refractivity contribution in [2.45, 2.75) is 37.1 Å². The van der Waals surface area contributed by atoms with Crippen molar-refractivity contribution in [3.8, 4) is 11.3 Å². The topological polar surface area (TPSA) is 50.3 Å². The molecule has 4 atom stereocenters. The van der Waals surface area contributed by atoms with Crippen LogP contribution >= 0.6 is 0 Å². The van der Waals surface area contributed by atoms with E-state index < -0.39 is 22.8 Å². The van der Waals surface area contributed by atoms with Gasteiger partial charge < -0.3 is 15.0 Å². The van der Waals surface area contributed by atoms with Crippen LogP contribution in [0.15, 0.2) is 24.3 Å². The third-order valence-corrected chi connectivity index (χ3v) is 7.40. The van der Waals surface area contributed by atoms with E-state index in [1.54, 1.807) is 6.07 Å². The summed E-state index contributed by atoms with van der Waals surface area (Å²) in [6.07, 6.45) is 3.91. The molecular weight excluding hydrogens is 427 g/mol. The van der Waals surface area contributed by atoms with Crippen molar-refractivity contribution >= 4 is 21.5 Å². The normalized spacial score (nSPS) is 28.1. The number of halogens is 3. The molecule has 2 unspecified atom stereocenters. The molecule has 0 spiro atoms. The lowest BCUT2D eigenvalue weighted by atomic mass is 9.53. The Bertz CT molecular complexity index is 990. The van der Waals surface area contributed by atoms with Gasteiger partial charge in [0, 0.05) is 44.0 Å². The maximum absolute atomic E-state index is 14.0. The number of aromatic nitrogens is 2. The van der Waals surface area contributed by atoms with E-state index in [1.807, 2.05) is 0 Å². The highest BCUT2D eigenvalue weighted by Crippen LogP contribution is 2.42. The number of rotatable bonds is 5. The number of benzene rings is 1. The van der Waals surface area contributed by atoms with Gasteiger partial charge in [0.05, 0.1) is 21.4 Å². The van der Waals surface area contributed by atoms with Gasteiger partial charge in [-0.1, -0.05) is 0 Å². The molecule has 1 aromatic heterocycles. The zero-order chi connectivity index (χ0) is 23.2. The highest BCUT2D eigenvalue weighted by molar-refractivity contribution is 6.40. The number of hydrogen-bond donors (Lipinski definition) is 1. The van der Waals surface area contributed by atoms with Crippen molar-refractivity contribution < 1.29 is 17.9 Å². The fourth-order valence-electron chi connectivity index (χ4n) is 5.60. The summed E-state index contributed by atoms with van der Waals surface area (Å²) in [6, 6.07) is 4.80. The summed E-state index contributed by atoms with van der Waals surface area (Å²) in [5.74, 6) is -1.58. The third-order valence-electron chi connectivity index (χ3n) is 7.40. The molecule has 2 aromatic rings. The molecule has 3 fully saturated rings. The van der Waals surface area contributed by atoms with E-state index in [2.05, 4.69) is 20.4 Å². The van der Waals surface area contributed by atoms with E-state index in [1.165, 1.54) is 6.07 Å². The second-order valence-electron chi connectivity index (χ2n) is 9.59. The van der Waals surface area contributed by atoms with Gasteiger partial charge in [-0.2, -0.15) is 0 Å². The second-order valence-corrected chi connectivity index (χ2v) is 9.59. The average Bonchev–Trinajstić information content (AvgIpc) is 3.37. The number of hydrogen-bond acceptors (Lipinski definition) is 5. The Balaban J connectivity index is 1.19. The fraction of sp³-hybridized carbons (Fsp3) is 0.565. The minimum Gasteiger partial charge on any atom is -0.381 e. The van der Waals surface area contributed by atoms with E-state index >= 15 is 0 Å². The molecule has 3 aliphatic rings. The second kappa shape index (κ2) is 8.95. The maximum Gasteiger partial charge on any atom is 0.168 e. The Hall–Kier alpha value is -2.06. The summed E-state index contributed by atoms with van der Waals surface area (Å²) in [5.41, 5.74) is -0.179. The van der Waals surface area contributed by atoms with Crippen molar-refractivity contribution in [2.75, 3.05) is 31.6 Å². The summed E-state index contributed by atoms with van der Waals surface area (Å²) >= 11 is 0. The zero-order valence-electron chi connectivity index (χ0n) is 18.3. The van der Waals surface area contributed by atoms with Gasteiger partial charge in [0.25, 0.3) is 0 Å². The largest absolute Gasteiger partial charge is 0.381 e. The molecular formula is C23H25B2F3N4O. The third kappa shape index (κ3) is 4.52. The summed E-state index contributed by atoms with van der Waals surface area (Å²) in [7, 11) is 13.1. The molecule has 5 nitrogen and oxygen atoms in total. The first-order valence-electron chi connectivity index (χ1n) is 11.5. The predicted octanol–water partition coefficient (Wildman–Crippen LogP) is 3.10. The van der Waals surface area contributed by atoms with Gasteiger partial charge in [-0.05, 0) is 67.0 Å². The molecule has 2 saturated heterocycles.